The quantitative estimate of drug-likeness (QED) is 0.811. The van der Waals surface area contributed by atoms with E-state index >= 15 is 0 Å². The summed E-state index contributed by atoms with van der Waals surface area (Å²) in [6.45, 7) is 1.98. The molecule has 2 aromatic rings. The molecule has 0 amide bonds. The van der Waals surface area contributed by atoms with Gasteiger partial charge in [0.2, 0.25) is 0 Å². The molecule has 0 saturated carbocycles. The predicted molar refractivity (Wildman–Crippen MR) is 66.3 cm³/mol. The molecular formula is C13H16FN3O. The second-order valence-corrected chi connectivity index (χ2v) is 4.07. The van der Waals surface area contributed by atoms with Crippen LogP contribution < -0.4 is 5.32 Å². The fourth-order valence-corrected chi connectivity index (χ4v) is 1.68. The number of aromatic nitrogens is 2. The molecule has 0 radical (unpaired) electrons. The van der Waals surface area contributed by atoms with Gasteiger partial charge in [-0.15, -0.1) is 0 Å². The highest BCUT2D eigenvalue weighted by Gasteiger charge is 1.98. The van der Waals surface area contributed by atoms with Crippen molar-refractivity contribution < 1.29 is 9.50 Å². The van der Waals surface area contributed by atoms with E-state index in [1.165, 1.54) is 12.1 Å². The topological polar surface area (TPSA) is 50.1 Å². The van der Waals surface area contributed by atoms with Gasteiger partial charge in [-0.05, 0) is 17.7 Å². The molecule has 18 heavy (non-hydrogen) atoms. The number of aliphatic hydroxyl groups excluding tert-OH is 1. The molecule has 0 aliphatic rings. The van der Waals surface area contributed by atoms with Crippen molar-refractivity contribution in [2.75, 3.05) is 6.61 Å². The molecule has 1 heterocycles. The lowest BCUT2D eigenvalue weighted by atomic mass is 10.2. The summed E-state index contributed by atoms with van der Waals surface area (Å²) in [5.41, 5.74) is 2.10. The molecule has 2 rings (SSSR count). The van der Waals surface area contributed by atoms with E-state index in [4.69, 9.17) is 5.11 Å². The Labute approximate surface area is 105 Å². The Hall–Kier alpha value is -1.72. The summed E-state index contributed by atoms with van der Waals surface area (Å²) >= 11 is 0. The van der Waals surface area contributed by atoms with Gasteiger partial charge in [0.1, 0.15) is 5.82 Å². The van der Waals surface area contributed by atoms with Crippen LogP contribution in [0.25, 0.3) is 0 Å². The summed E-state index contributed by atoms with van der Waals surface area (Å²) in [5.74, 6) is -0.218. The molecule has 0 unspecified atom stereocenters. The van der Waals surface area contributed by atoms with E-state index in [9.17, 15) is 4.39 Å². The van der Waals surface area contributed by atoms with E-state index in [0.29, 0.717) is 19.6 Å². The molecular weight excluding hydrogens is 233 g/mol. The van der Waals surface area contributed by atoms with Crippen molar-refractivity contribution >= 4 is 0 Å². The zero-order chi connectivity index (χ0) is 12.8. The van der Waals surface area contributed by atoms with Crippen molar-refractivity contribution in [3.8, 4) is 0 Å². The Morgan fingerprint density at radius 2 is 1.89 bits per heavy atom. The maximum Gasteiger partial charge on any atom is 0.123 e. The fourth-order valence-electron chi connectivity index (χ4n) is 1.68. The molecule has 0 aliphatic heterocycles. The van der Waals surface area contributed by atoms with E-state index in [1.54, 1.807) is 23.0 Å². The average Bonchev–Trinajstić information content (AvgIpc) is 2.80. The second-order valence-electron chi connectivity index (χ2n) is 4.07. The largest absolute Gasteiger partial charge is 0.394 e. The third-order valence-electron chi connectivity index (χ3n) is 2.59. The summed E-state index contributed by atoms with van der Waals surface area (Å²) in [6, 6.07) is 6.43. The molecule has 0 aliphatic carbocycles. The van der Waals surface area contributed by atoms with Crippen LogP contribution in [-0.4, -0.2) is 21.5 Å². The molecule has 4 nitrogen and oxygen atoms in total. The average molecular weight is 249 g/mol. The Bertz CT molecular complexity index is 481. The Balaban J connectivity index is 1.79. The van der Waals surface area contributed by atoms with E-state index in [2.05, 4.69) is 10.4 Å². The third kappa shape index (κ3) is 3.65. The van der Waals surface area contributed by atoms with Crippen molar-refractivity contribution in [2.45, 2.75) is 19.6 Å². The molecule has 2 N–H and O–H groups in total. The number of aliphatic hydroxyl groups is 1. The molecule has 0 fully saturated rings. The Morgan fingerprint density at radius 1 is 1.17 bits per heavy atom. The van der Waals surface area contributed by atoms with Crippen molar-refractivity contribution in [3.05, 3.63) is 53.6 Å². The van der Waals surface area contributed by atoms with E-state index in [0.717, 1.165) is 11.1 Å². The van der Waals surface area contributed by atoms with Crippen LogP contribution in [0.5, 0.6) is 0 Å². The summed E-state index contributed by atoms with van der Waals surface area (Å²) < 4.78 is 14.4. The van der Waals surface area contributed by atoms with Crippen LogP contribution in [0.4, 0.5) is 4.39 Å². The van der Waals surface area contributed by atoms with Crippen LogP contribution in [0.3, 0.4) is 0 Å². The van der Waals surface area contributed by atoms with Crippen LogP contribution in [-0.2, 0) is 19.6 Å². The molecule has 1 aromatic heterocycles. The van der Waals surface area contributed by atoms with E-state index in [-0.39, 0.29) is 12.4 Å². The number of nitrogens with one attached hydrogen (secondary N) is 1. The minimum Gasteiger partial charge on any atom is -0.394 e. The number of hydrogen-bond acceptors (Lipinski definition) is 3. The smallest absolute Gasteiger partial charge is 0.123 e. The predicted octanol–water partition coefficient (Wildman–Crippen LogP) is 1.30. The maximum atomic E-state index is 12.7. The van der Waals surface area contributed by atoms with Crippen molar-refractivity contribution in [3.63, 3.8) is 0 Å². The van der Waals surface area contributed by atoms with Gasteiger partial charge >= 0.3 is 0 Å². The molecule has 0 spiro atoms. The summed E-state index contributed by atoms with van der Waals surface area (Å²) in [7, 11) is 0. The second kappa shape index (κ2) is 6.28. The molecule has 1 aromatic carbocycles. The number of nitrogens with zero attached hydrogens (tertiary/aromatic N) is 2. The van der Waals surface area contributed by atoms with Crippen LogP contribution >= 0.6 is 0 Å². The molecule has 5 heteroatoms. The zero-order valence-electron chi connectivity index (χ0n) is 10.0. The van der Waals surface area contributed by atoms with Gasteiger partial charge in [-0.1, -0.05) is 12.1 Å². The minimum absolute atomic E-state index is 0.0874. The third-order valence-corrected chi connectivity index (χ3v) is 2.59. The first kappa shape index (κ1) is 12.7. The number of benzene rings is 1. The SMILES string of the molecule is OCCn1cc(CNCc2ccc(F)cc2)cn1. The summed E-state index contributed by atoms with van der Waals surface area (Å²) in [5, 5.41) is 16.1. The van der Waals surface area contributed by atoms with Crippen LogP contribution in [0.15, 0.2) is 36.7 Å². The van der Waals surface area contributed by atoms with Crippen molar-refractivity contribution in [1.82, 2.24) is 15.1 Å². The van der Waals surface area contributed by atoms with E-state index < -0.39 is 0 Å². The first-order valence-corrected chi connectivity index (χ1v) is 5.85. The lowest BCUT2D eigenvalue weighted by Crippen LogP contribution is -2.12. The monoisotopic (exact) mass is 249 g/mol. The van der Waals surface area contributed by atoms with E-state index in [1.807, 2.05) is 6.20 Å². The van der Waals surface area contributed by atoms with Crippen molar-refractivity contribution in [2.24, 2.45) is 0 Å². The van der Waals surface area contributed by atoms with Gasteiger partial charge in [0.05, 0.1) is 19.3 Å². The van der Waals surface area contributed by atoms with Crippen LogP contribution in [0, 0.1) is 5.82 Å². The molecule has 96 valence electrons. The van der Waals surface area contributed by atoms with Gasteiger partial charge in [-0.2, -0.15) is 5.10 Å². The van der Waals surface area contributed by atoms with Crippen molar-refractivity contribution in [1.29, 1.82) is 0 Å². The lowest BCUT2D eigenvalue weighted by molar-refractivity contribution is 0.269. The van der Waals surface area contributed by atoms with Gasteiger partial charge in [0, 0.05) is 24.8 Å². The van der Waals surface area contributed by atoms with Gasteiger partial charge in [-0.25, -0.2) is 4.39 Å². The summed E-state index contributed by atoms with van der Waals surface area (Å²) in [6.07, 6.45) is 3.67. The first-order chi connectivity index (χ1) is 8.78. The highest BCUT2D eigenvalue weighted by Crippen LogP contribution is 2.03. The van der Waals surface area contributed by atoms with Gasteiger partial charge < -0.3 is 10.4 Å². The Kier molecular flexibility index (Phi) is 4.44. The minimum atomic E-state index is -0.218. The number of halogens is 1. The molecule has 0 saturated heterocycles. The summed E-state index contributed by atoms with van der Waals surface area (Å²) in [4.78, 5) is 0. The standard InChI is InChI=1S/C13H16FN3O/c14-13-3-1-11(2-4-13)7-15-8-12-9-16-17(10-12)5-6-18/h1-4,9-10,15,18H,5-8H2. The number of rotatable bonds is 6. The van der Waals surface area contributed by atoms with Gasteiger partial charge in [0.25, 0.3) is 0 Å². The van der Waals surface area contributed by atoms with Crippen LogP contribution in [0.2, 0.25) is 0 Å². The lowest BCUT2D eigenvalue weighted by Gasteiger charge is -2.03. The molecule has 0 atom stereocenters. The fraction of sp³-hybridized carbons (Fsp3) is 0.308. The maximum absolute atomic E-state index is 12.7. The molecule has 0 bridgehead atoms. The van der Waals surface area contributed by atoms with Gasteiger partial charge in [-0.3, -0.25) is 4.68 Å². The number of hydrogen-bond donors (Lipinski definition) is 2. The normalized spacial score (nSPS) is 10.8. The Morgan fingerprint density at radius 3 is 2.61 bits per heavy atom. The zero-order valence-corrected chi connectivity index (χ0v) is 10.0. The van der Waals surface area contributed by atoms with Crippen LogP contribution in [0.1, 0.15) is 11.1 Å². The first-order valence-electron chi connectivity index (χ1n) is 5.85. The highest BCUT2D eigenvalue weighted by molar-refractivity contribution is 5.16. The van der Waals surface area contributed by atoms with Gasteiger partial charge in [0.15, 0.2) is 0 Å². The highest BCUT2D eigenvalue weighted by atomic mass is 19.1.